The highest BCUT2D eigenvalue weighted by Gasteiger charge is 2.31. The molecule has 1 fully saturated rings. The van der Waals surface area contributed by atoms with Gasteiger partial charge in [0.2, 0.25) is 0 Å². The van der Waals surface area contributed by atoms with E-state index in [2.05, 4.69) is 13.8 Å². The quantitative estimate of drug-likeness (QED) is 0.586. The van der Waals surface area contributed by atoms with Crippen LogP contribution in [0, 0.1) is 12.8 Å². The highest BCUT2D eigenvalue weighted by atomic mass is 16.5. The minimum atomic E-state index is -0.206. The Morgan fingerprint density at radius 1 is 1.50 bits per heavy atom. The third kappa shape index (κ3) is 2.70. The molecule has 10 heavy (non-hydrogen) atoms. The van der Waals surface area contributed by atoms with E-state index >= 15 is 0 Å². The summed E-state index contributed by atoms with van der Waals surface area (Å²) in [7, 11) is 0. The van der Waals surface area contributed by atoms with E-state index in [9.17, 15) is 0 Å². The van der Waals surface area contributed by atoms with Gasteiger partial charge in [0.1, 0.15) is 0 Å². The molecule has 1 radical (unpaired) electrons. The Bertz CT molecular complexity index is 108. The molecule has 1 nitrogen and oxygen atoms in total. The lowest BCUT2D eigenvalue weighted by Crippen LogP contribution is -2.26. The first-order chi connectivity index (χ1) is 4.49. The second-order valence-corrected chi connectivity index (χ2v) is 3.92. The molecule has 0 spiro atoms. The molecule has 0 aliphatic heterocycles. The van der Waals surface area contributed by atoms with Gasteiger partial charge in [-0.1, -0.05) is 0 Å². The van der Waals surface area contributed by atoms with Crippen LogP contribution in [0.5, 0.6) is 0 Å². The van der Waals surface area contributed by atoms with Gasteiger partial charge in [-0.25, -0.2) is 0 Å². The summed E-state index contributed by atoms with van der Waals surface area (Å²) in [6, 6.07) is 0. The summed E-state index contributed by atoms with van der Waals surface area (Å²) in [4.78, 5) is 0. The highest BCUT2D eigenvalue weighted by Crippen LogP contribution is 2.35. The van der Waals surface area contributed by atoms with Crippen LogP contribution in [0.25, 0.3) is 0 Å². The normalized spacial score (nSPS) is 22.8. The average molecular weight is 141 g/mol. The molecule has 0 aromatic heterocycles. The average Bonchev–Trinajstić information content (AvgIpc) is 2.35. The molecule has 0 aromatic rings. The Morgan fingerprint density at radius 2 is 2.00 bits per heavy atom. The molecule has 1 aliphatic rings. The SMILES string of the molecule is [CH2]C(C)(C)OC(C)C1CC1. The van der Waals surface area contributed by atoms with Gasteiger partial charge < -0.3 is 4.74 Å². The van der Waals surface area contributed by atoms with Crippen LogP contribution in [0.4, 0.5) is 0 Å². The van der Waals surface area contributed by atoms with Crippen LogP contribution in [-0.4, -0.2) is 11.7 Å². The molecule has 59 valence electrons. The Morgan fingerprint density at radius 3 is 2.30 bits per heavy atom. The van der Waals surface area contributed by atoms with Gasteiger partial charge in [0.05, 0.1) is 11.7 Å². The van der Waals surface area contributed by atoms with E-state index in [1.54, 1.807) is 0 Å². The van der Waals surface area contributed by atoms with Crippen molar-refractivity contribution in [2.45, 2.75) is 45.3 Å². The summed E-state index contributed by atoms with van der Waals surface area (Å²) in [5.74, 6) is 0.820. The number of rotatable bonds is 3. The van der Waals surface area contributed by atoms with Gasteiger partial charge in [-0.15, -0.1) is 0 Å². The van der Waals surface area contributed by atoms with E-state index < -0.39 is 0 Å². The topological polar surface area (TPSA) is 9.23 Å². The molecule has 1 aliphatic carbocycles. The highest BCUT2D eigenvalue weighted by molar-refractivity contribution is 4.82. The lowest BCUT2D eigenvalue weighted by Gasteiger charge is -2.24. The molecule has 0 bridgehead atoms. The van der Waals surface area contributed by atoms with Crippen molar-refractivity contribution in [2.24, 2.45) is 5.92 Å². The maximum atomic E-state index is 5.65. The summed E-state index contributed by atoms with van der Waals surface area (Å²) < 4.78 is 5.65. The second-order valence-electron chi connectivity index (χ2n) is 3.92. The third-order valence-electron chi connectivity index (χ3n) is 1.79. The molecular formula is C9H17O. The number of ether oxygens (including phenoxy) is 1. The van der Waals surface area contributed by atoms with Gasteiger partial charge in [-0.2, -0.15) is 0 Å². The van der Waals surface area contributed by atoms with Gasteiger partial charge >= 0.3 is 0 Å². The molecular weight excluding hydrogens is 124 g/mol. The maximum Gasteiger partial charge on any atom is 0.0631 e. The molecule has 1 saturated carbocycles. The fourth-order valence-electron chi connectivity index (χ4n) is 1.17. The molecule has 1 rings (SSSR count). The summed E-state index contributed by atoms with van der Waals surface area (Å²) in [5.41, 5.74) is -0.206. The predicted molar refractivity (Wildman–Crippen MR) is 42.7 cm³/mol. The van der Waals surface area contributed by atoms with Crippen LogP contribution in [0.1, 0.15) is 33.6 Å². The zero-order chi connectivity index (χ0) is 7.78. The minimum absolute atomic E-state index is 0.206. The van der Waals surface area contributed by atoms with Crippen molar-refractivity contribution < 1.29 is 4.74 Å². The van der Waals surface area contributed by atoms with Crippen molar-refractivity contribution in [2.75, 3.05) is 0 Å². The Balaban J connectivity index is 2.23. The predicted octanol–water partition coefficient (Wildman–Crippen LogP) is 2.41. The zero-order valence-corrected chi connectivity index (χ0v) is 7.18. The van der Waals surface area contributed by atoms with E-state index in [0.717, 1.165) is 5.92 Å². The Kier molecular flexibility index (Phi) is 2.04. The van der Waals surface area contributed by atoms with Gasteiger partial charge in [-0.3, -0.25) is 0 Å². The van der Waals surface area contributed by atoms with E-state index in [0.29, 0.717) is 6.10 Å². The van der Waals surface area contributed by atoms with Crippen molar-refractivity contribution in [1.29, 1.82) is 0 Å². The Labute approximate surface area is 63.8 Å². The second kappa shape index (κ2) is 2.54. The van der Waals surface area contributed by atoms with E-state index in [1.165, 1.54) is 12.8 Å². The molecule has 1 atom stereocenters. The van der Waals surface area contributed by atoms with Crippen molar-refractivity contribution in [1.82, 2.24) is 0 Å². The lowest BCUT2D eigenvalue weighted by molar-refractivity contribution is -0.0438. The molecule has 0 aromatic carbocycles. The summed E-state index contributed by atoms with van der Waals surface area (Å²) in [5, 5.41) is 0. The minimum Gasteiger partial charge on any atom is -0.372 e. The number of hydrogen-bond donors (Lipinski definition) is 0. The maximum absolute atomic E-state index is 5.65. The van der Waals surface area contributed by atoms with Crippen LogP contribution in [0.3, 0.4) is 0 Å². The monoisotopic (exact) mass is 141 g/mol. The van der Waals surface area contributed by atoms with Crippen LogP contribution >= 0.6 is 0 Å². The molecule has 1 heteroatoms. The summed E-state index contributed by atoms with van der Waals surface area (Å²) in [6.07, 6.45) is 3.10. The fraction of sp³-hybridized carbons (Fsp3) is 0.889. The van der Waals surface area contributed by atoms with E-state index in [-0.39, 0.29) is 5.60 Å². The first-order valence-corrected chi connectivity index (χ1v) is 4.02. The van der Waals surface area contributed by atoms with Crippen molar-refractivity contribution in [3.8, 4) is 0 Å². The molecule has 0 saturated heterocycles. The van der Waals surface area contributed by atoms with Gasteiger partial charge in [0, 0.05) is 0 Å². The van der Waals surface area contributed by atoms with Crippen LogP contribution < -0.4 is 0 Å². The van der Waals surface area contributed by atoms with E-state index in [4.69, 9.17) is 4.74 Å². The van der Waals surface area contributed by atoms with Gasteiger partial charge in [-0.05, 0) is 46.5 Å². The number of hydrogen-bond acceptors (Lipinski definition) is 1. The fourth-order valence-corrected chi connectivity index (χ4v) is 1.17. The van der Waals surface area contributed by atoms with Gasteiger partial charge in [0.15, 0.2) is 0 Å². The first kappa shape index (κ1) is 8.06. The molecule has 0 heterocycles. The van der Waals surface area contributed by atoms with Crippen LogP contribution in [-0.2, 0) is 4.74 Å². The van der Waals surface area contributed by atoms with Crippen molar-refractivity contribution >= 4 is 0 Å². The first-order valence-electron chi connectivity index (χ1n) is 4.02. The van der Waals surface area contributed by atoms with Crippen molar-refractivity contribution in [3.63, 3.8) is 0 Å². The zero-order valence-electron chi connectivity index (χ0n) is 7.18. The van der Waals surface area contributed by atoms with Crippen LogP contribution in [0.15, 0.2) is 0 Å². The molecule has 1 unspecified atom stereocenters. The summed E-state index contributed by atoms with van der Waals surface area (Å²) >= 11 is 0. The smallest absolute Gasteiger partial charge is 0.0631 e. The largest absolute Gasteiger partial charge is 0.372 e. The molecule has 0 amide bonds. The molecule has 0 N–H and O–H groups in total. The standard InChI is InChI=1S/C9H17O/c1-7(8-5-6-8)10-9(2,3)4/h7-8H,2,5-6H2,1,3-4H3. The van der Waals surface area contributed by atoms with E-state index in [1.807, 2.05) is 13.8 Å². The third-order valence-corrected chi connectivity index (χ3v) is 1.79. The summed E-state index contributed by atoms with van der Waals surface area (Å²) in [6.45, 7) is 10.1. The lowest BCUT2D eigenvalue weighted by atomic mass is 10.1. The van der Waals surface area contributed by atoms with Crippen molar-refractivity contribution in [3.05, 3.63) is 6.92 Å². The van der Waals surface area contributed by atoms with Crippen LogP contribution in [0.2, 0.25) is 0 Å². The Hall–Kier alpha value is -0.0400. The van der Waals surface area contributed by atoms with Gasteiger partial charge in [0.25, 0.3) is 0 Å².